The van der Waals surface area contributed by atoms with E-state index in [-0.39, 0.29) is 26.1 Å². The first kappa shape index (κ1) is 53.0. The third kappa shape index (κ3) is 41.4. The first-order chi connectivity index (χ1) is 26.5. The minimum atomic E-state index is -4.63. The lowest BCUT2D eigenvalue weighted by atomic mass is 10.0. The van der Waals surface area contributed by atoms with Crippen LogP contribution in [0.5, 0.6) is 0 Å². The Labute approximate surface area is 337 Å². The van der Waals surface area contributed by atoms with Crippen LogP contribution in [0.3, 0.4) is 0 Å². The van der Waals surface area contributed by atoms with Gasteiger partial charge in [0.15, 0.2) is 6.10 Å². The number of phosphoric acid groups is 1. The van der Waals surface area contributed by atoms with Gasteiger partial charge in [0.1, 0.15) is 19.8 Å². The van der Waals surface area contributed by atoms with Gasteiger partial charge in [-0.25, -0.2) is 0 Å². The van der Waals surface area contributed by atoms with Gasteiger partial charge in [0.05, 0.1) is 27.7 Å². The topological polar surface area (TPSA) is 111 Å². The normalized spacial score (nSPS) is 14.1. The number of hydrogen-bond donors (Lipinski definition) is 0. The summed E-state index contributed by atoms with van der Waals surface area (Å²) in [5.41, 5.74) is 0. The van der Waals surface area contributed by atoms with Gasteiger partial charge in [-0.15, -0.1) is 0 Å². The molecular formula is C45H82NO8P. The van der Waals surface area contributed by atoms with Crippen molar-refractivity contribution in [2.75, 3.05) is 47.5 Å². The molecule has 320 valence electrons. The molecule has 0 N–H and O–H groups in total. The number of nitrogens with zero attached hydrogens (tertiary/aromatic N) is 1. The van der Waals surface area contributed by atoms with Crippen molar-refractivity contribution in [1.29, 1.82) is 0 Å². The standard InChI is InChI=1S/C45H82NO8P/c1-6-8-10-12-14-16-18-20-22-23-24-26-28-30-32-34-36-38-45(48)54-43(42-53-55(49,50)52-40-39-46(3,4)5)41-51-44(47)37-35-33-31-29-27-25-21-19-17-15-13-11-9-7-2/h10,12,16,18,22-23,26,28,43H,6-9,11,13-15,17,19-21,24-25,27,29-42H2,1-5H3/b12-10+,18-16+,23-22+,28-26+/t43-/m1/s1. The first-order valence-corrected chi connectivity index (χ1v) is 23.3. The van der Waals surface area contributed by atoms with Crippen LogP contribution in [0.4, 0.5) is 0 Å². The van der Waals surface area contributed by atoms with E-state index in [1.165, 1.54) is 77.0 Å². The molecule has 0 aliphatic carbocycles. The number of esters is 2. The van der Waals surface area contributed by atoms with Crippen LogP contribution in [0.2, 0.25) is 0 Å². The van der Waals surface area contributed by atoms with Crippen LogP contribution >= 0.6 is 7.82 Å². The molecule has 0 saturated heterocycles. The van der Waals surface area contributed by atoms with Gasteiger partial charge < -0.3 is 27.9 Å². The predicted molar refractivity (Wildman–Crippen MR) is 227 cm³/mol. The van der Waals surface area contributed by atoms with Gasteiger partial charge >= 0.3 is 11.9 Å². The van der Waals surface area contributed by atoms with Crippen molar-refractivity contribution in [3.05, 3.63) is 48.6 Å². The van der Waals surface area contributed by atoms with E-state index in [0.717, 1.165) is 64.2 Å². The smallest absolute Gasteiger partial charge is 0.306 e. The van der Waals surface area contributed by atoms with Crippen molar-refractivity contribution >= 4 is 19.8 Å². The number of likely N-dealkylation sites (N-methyl/N-ethyl adjacent to an activating group) is 1. The second-order valence-electron chi connectivity index (χ2n) is 15.7. The fraction of sp³-hybridized carbons (Fsp3) is 0.778. The third-order valence-electron chi connectivity index (χ3n) is 9.08. The summed E-state index contributed by atoms with van der Waals surface area (Å²) in [7, 11) is 1.14. The molecule has 0 bridgehead atoms. The van der Waals surface area contributed by atoms with Crippen LogP contribution in [0.1, 0.15) is 174 Å². The molecule has 0 spiro atoms. The number of carbonyl (C=O) groups excluding carboxylic acids is 2. The highest BCUT2D eigenvalue weighted by Crippen LogP contribution is 2.38. The molecule has 0 radical (unpaired) electrons. The fourth-order valence-corrected chi connectivity index (χ4v) is 6.37. The Balaban J connectivity index is 4.43. The molecule has 0 aromatic carbocycles. The minimum Gasteiger partial charge on any atom is -0.756 e. The van der Waals surface area contributed by atoms with E-state index < -0.39 is 32.5 Å². The number of allylic oxidation sites excluding steroid dienone is 8. The zero-order valence-electron chi connectivity index (χ0n) is 35.9. The lowest BCUT2D eigenvalue weighted by molar-refractivity contribution is -0.870. The highest BCUT2D eigenvalue weighted by atomic mass is 31.2. The Morgan fingerprint density at radius 3 is 1.53 bits per heavy atom. The molecule has 0 heterocycles. The molecule has 9 nitrogen and oxygen atoms in total. The van der Waals surface area contributed by atoms with E-state index >= 15 is 0 Å². The molecule has 0 aromatic rings. The molecule has 55 heavy (non-hydrogen) atoms. The SMILES string of the molecule is CCC/C=C/C/C=C/C/C=C/C/C=C/CCCCCC(=O)O[C@H](COC(=O)CCCCCCCCCCCCCCCC)COP(=O)([O-])OCC[N+](C)(C)C. The van der Waals surface area contributed by atoms with E-state index in [9.17, 15) is 19.0 Å². The van der Waals surface area contributed by atoms with Gasteiger partial charge in [-0.2, -0.15) is 0 Å². The number of carbonyl (C=O) groups is 2. The van der Waals surface area contributed by atoms with Crippen molar-refractivity contribution in [2.24, 2.45) is 0 Å². The Morgan fingerprint density at radius 2 is 1.02 bits per heavy atom. The molecule has 0 aromatic heterocycles. The molecule has 0 aliphatic rings. The maximum absolute atomic E-state index is 12.7. The Bertz CT molecular complexity index is 1080. The summed E-state index contributed by atoms with van der Waals surface area (Å²) in [6, 6.07) is 0. The molecule has 0 rings (SSSR count). The Hall–Kier alpha value is -2.03. The van der Waals surface area contributed by atoms with Crippen LogP contribution in [-0.2, 0) is 32.7 Å². The van der Waals surface area contributed by atoms with Crippen molar-refractivity contribution < 1.29 is 42.1 Å². The summed E-state index contributed by atoms with van der Waals surface area (Å²) in [6.45, 7) is 4.12. The van der Waals surface area contributed by atoms with E-state index in [4.69, 9.17) is 18.5 Å². The zero-order valence-corrected chi connectivity index (χ0v) is 36.8. The summed E-state index contributed by atoms with van der Waals surface area (Å²) in [6.07, 6.45) is 42.7. The van der Waals surface area contributed by atoms with Crippen LogP contribution in [0.25, 0.3) is 0 Å². The number of unbranched alkanes of at least 4 members (excludes halogenated alkanes) is 17. The van der Waals surface area contributed by atoms with Gasteiger partial charge in [-0.05, 0) is 51.4 Å². The van der Waals surface area contributed by atoms with E-state index in [1.54, 1.807) is 0 Å². The van der Waals surface area contributed by atoms with Crippen LogP contribution in [0, 0.1) is 0 Å². The molecule has 0 aliphatic heterocycles. The Morgan fingerprint density at radius 1 is 0.564 bits per heavy atom. The van der Waals surface area contributed by atoms with Crippen LogP contribution in [-0.4, -0.2) is 70.0 Å². The van der Waals surface area contributed by atoms with Crippen molar-refractivity contribution in [3.63, 3.8) is 0 Å². The number of quaternary nitrogens is 1. The largest absolute Gasteiger partial charge is 0.756 e. The predicted octanol–water partition coefficient (Wildman–Crippen LogP) is 11.7. The number of phosphoric ester groups is 1. The Kier molecular flexibility index (Phi) is 36.2. The minimum absolute atomic E-state index is 0.0378. The monoisotopic (exact) mass is 796 g/mol. The summed E-state index contributed by atoms with van der Waals surface area (Å²) in [4.78, 5) is 37.5. The first-order valence-electron chi connectivity index (χ1n) is 21.8. The second kappa shape index (κ2) is 37.5. The molecule has 1 unspecified atom stereocenters. The fourth-order valence-electron chi connectivity index (χ4n) is 5.64. The summed E-state index contributed by atoms with van der Waals surface area (Å²) >= 11 is 0. The summed E-state index contributed by atoms with van der Waals surface area (Å²) in [5.74, 6) is -0.870. The summed E-state index contributed by atoms with van der Waals surface area (Å²) < 4.78 is 33.8. The van der Waals surface area contributed by atoms with Gasteiger partial charge in [-0.1, -0.05) is 159 Å². The quantitative estimate of drug-likeness (QED) is 0.0199. The van der Waals surface area contributed by atoms with E-state index in [2.05, 4.69) is 62.5 Å². The second-order valence-corrected chi connectivity index (χ2v) is 17.1. The average molecular weight is 796 g/mol. The average Bonchev–Trinajstić information content (AvgIpc) is 3.13. The number of ether oxygens (including phenoxy) is 2. The van der Waals surface area contributed by atoms with E-state index in [1.807, 2.05) is 21.1 Å². The molecule has 0 amide bonds. The summed E-state index contributed by atoms with van der Waals surface area (Å²) in [5, 5.41) is 0. The van der Waals surface area contributed by atoms with Gasteiger partial charge in [0.2, 0.25) is 0 Å². The number of rotatable bonds is 39. The third-order valence-corrected chi connectivity index (χ3v) is 10.0. The molecule has 0 saturated carbocycles. The van der Waals surface area contributed by atoms with E-state index in [0.29, 0.717) is 17.4 Å². The molecule has 0 fully saturated rings. The van der Waals surface area contributed by atoms with Crippen LogP contribution in [0.15, 0.2) is 48.6 Å². The maximum atomic E-state index is 12.7. The molecule has 10 heteroatoms. The van der Waals surface area contributed by atoms with Gasteiger partial charge in [-0.3, -0.25) is 14.2 Å². The van der Waals surface area contributed by atoms with Crippen molar-refractivity contribution in [2.45, 2.75) is 180 Å². The number of hydrogen-bond acceptors (Lipinski definition) is 8. The van der Waals surface area contributed by atoms with Gasteiger partial charge in [0, 0.05) is 12.8 Å². The maximum Gasteiger partial charge on any atom is 0.306 e. The van der Waals surface area contributed by atoms with Crippen molar-refractivity contribution in [1.82, 2.24) is 0 Å². The lowest BCUT2D eigenvalue weighted by Crippen LogP contribution is -2.37. The highest BCUT2D eigenvalue weighted by Gasteiger charge is 2.21. The molecule has 2 atom stereocenters. The van der Waals surface area contributed by atoms with Crippen molar-refractivity contribution in [3.8, 4) is 0 Å². The lowest BCUT2D eigenvalue weighted by Gasteiger charge is -2.28. The highest BCUT2D eigenvalue weighted by molar-refractivity contribution is 7.45. The van der Waals surface area contributed by atoms with Crippen LogP contribution < -0.4 is 4.89 Å². The molecular weight excluding hydrogens is 713 g/mol. The zero-order chi connectivity index (χ0) is 40.7. The van der Waals surface area contributed by atoms with Gasteiger partial charge in [0.25, 0.3) is 7.82 Å².